The summed E-state index contributed by atoms with van der Waals surface area (Å²) in [5.41, 5.74) is 1.81. The molecule has 1 unspecified atom stereocenters. The van der Waals surface area contributed by atoms with Crippen molar-refractivity contribution in [3.63, 3.8) is 0 Å². The molecule has 0 N–H and O–H groups in total. The number of piperidine rings is 1. The summed E-state index contributed by atoms with van der Waals surface area (Å²) in [5, 5.41) is 1.70. The Morgan fingerprint density at radius 2 is 2.13 bits per heavy atom. The van der Waals surface area contributed by atoms with E-state index in [0.717, 1.165) is 49.1 Å². The highest BCUT2D eigenvalue weighted by Gasteiger charge is 2.23. The first kappa shape index (κ1) is 16.7. The van der Waals surface area contributed by atoms with Crippen molar-refractivity contribution in [2.24, 2.45) is 5.92 Å². The fraction of sp³-hybridized carbons (Fsp3) is 0.471. The number of halogens is 1. The van der Waals surface area contributed by atoms with E-state index in [4.69, 9.17) is 11.6 Å². The van der Waals surface area contributed by atoms with Crippen molar-refractivity contribution in [1.29, 1.82) is 0 Å². The van der Waals surface area contributed by atoms with Gasteiger partial charge in [0.25, 0.3) is 0 Å². The van der Waals surface area contributed by atoms with E-state index in [-0.39, 0.29) is 11.7 Å². The molecule has 0 radical (unpaired) electrons. The van der Waals surface area contributed by atoms with Gasteiger partial charge in [0, 0.05) is 24.7 Å². The maximum atomic E-state index is 11.5. The number of rotatable bonds is 4. The lowest BCUT2D eigenvalue weighted by Gasteiger charge is -2.32. The Labute approximate surface area is 142 Å². The monoisotopic (exact) mass is 352 g/mol. The average molecular weight is 353 g/mol. The van der Waals surface area contributed by atoms with Crippen molar-refractivity contribution >= 4 is 32.3 Å². The van der Waals surface area contributed by atoms with Gasteiger partial charge in [0.1, 0.15) is 9.84 Å². The topological polar surface area (TPSA) is 50.3 Å². The quantitative estimate of drug-likeness (QED) is 0.848. The first-order valence-electron chi connectivity index (χ1n) is 7.85. The molecule has 124 valence electrons. The number of sulfone groups is 1. The van der Waals surface area contributed by atoms with Gasteiger partial charge in [-0.2, -0.15) is 0 Å². The van der Waals surface area contributed by atoms with Crippen LogP contribution < -0.4 is 0 Å². The second kappa shape index (κ2) is 6.75. The van der Waals surface area contributed by atoms with Gasteiger partial charge in [0.05, 0.1) is 22.0 Å². The lowest BCUT2D eigenvalue weighted by molar-refractivity contribution is 0.176. The van der Waals surface area contributed by atoms with Crippen LogP contribution in [-0.4, -0.2) is 43.4 Å². The Kier molecular flexibility index (Phi) is 4.90. The lowest BCUT2D eigenvalue weighted by atomic mass is 10.00. The van der Waals surface area contributed by atoms with Crippen LogP contribution in [0.25, 0.3) is 10.9 Å². The second-order valence-electron chi connectivity index (χ2n) is 6.45. The zero-order chi connectivity index (χ0) is 16.4. The third-order valence-electron chi connectivity index (χ3n) is 4.26. The van der Waals surface area contributed by atoms with E-state index in [1.165, 1.54) is 6.26 Å². The maximum absolute atomic E-state index is 11.5. The Morgan fingerprint density at radius 3 is 2.91 bits per heavy atom. The van der Waals surface area contributed by atoms with Gasteiger partial charge in [0.15, 0.2) is 0 Å². The van der Waals surface area contributed by atoms with Crippen molar-refractivity contribution < 1.29 is 8.42 Å². The van der Waals surface area contributed by atoms with Gasteiger partial charge in [-0.3, -0.25) is 4.90 Å². The van der Waals surface area contributed by atoms with E-state index in [1.807, 2.05) is 30.3 Å². The molecule has 1 saturated heterocycles. The summed E-state index contributed by atoms with van der Waals surface area (Å²) in [6.07, 6.45) is 3.34. The van der Waals surface area contributed by atoms with Crippen molar-refractivity contribution in [2.75, 3.05) is 25.1 Å². The van der Waals surface area contributed by atoms with Crippen molar-refractivity contribution in [3.8, 4) is 0 Å². The molecule has 0 amide bonds. The SMILES string of the molecule is CS(=O)(=O)CC1CCCN(Cc2ccc3cccc(Cl)c3n2)C1. The largest absolute Gasteiger partial charge is 0.297 e. The van der Waals surface area contributed by atoms with Crippen LogP contribution in [0.5, 0.6) is 0 Å². The summed E-state index contributed by atoms with van der Waals surface area (Å²) >= 11 is 6.22. The molecule has 0 bridgehead atoms. The van der Waals surface area contributed by atoms with Crippen LogP contribution in [0.1, 0.15) is 18.5 Å². The van der Waals surface area contributed by atoms with E-state index in [1.54, 1.807) is 0 Å². The molecule has 2 aromatic rings. The number of para-hydroxylation sites is 1. The minimum atomic E-state index is -2.91. The minimum absolute atomic E-state index is 0.225. The van der Waals surface area contributed by atoms with E-state index in [9.17, 15) is 8.42 Å². The summed E-state index contributed by atoms with van der Waals surface area (Å²) in [6.45, 7) is 2.54. The molecule has 3 rings (SSSR count). The van der Waals surface area contributed by atoms with Crippen LogP contribution in [0.4, 0.5) is 0 Å². The van der Waals surface area contributed by atoms with Gasteiger partial charge in [0.2, 0.25) is 0 Å². The molecule has 1 aliphatic rings. The standard InChI is InChI=1S/C17H21ClN2O2S/c1-23(21,22)12-13-4-3-9-20(10-13)11-15-8-7-14-5-2-6-16(18)17(14)19-15/h2,5-8,13H,3-4,9-12H2,1H3. The number of aromatic nitrogens is 1. The van der Waals surface area contributed by atoms with Gasteiger partial charge in [-0.1, -0.05) is 29.8 Å². The van der Waals surface area contributed by atoms with Crippen LogP contribution in [0, 0.1) is 5.92 Å². The molecule has 6 heteroatoms. The number of hydrogen-bond donors (Lipinski definition) is 0. The van der Waals surface area contributed by atoms with Gasteiger partial charge >= 0.3 is 0 Å². The molecule has 0 saturated carbocycles. The van der Waals surface area contributed by atoms with E-state index in [2.05, 4.69) is 9.88 Å². The molecule has 1 aromatic carbocycles. The van der Waals surface area contributed by atoms with Gasteiger partial charge in [-0.05, 0) is 37.4 Å². The number of hydrogen-bond acceptors (Lipinski definition) is 4. The molecule has 0 aliphatic carbocycles. The van der Waals surface area contributed by atoms with Crippen LogP contribution >= 0.6 is 11.6 Å². The molecule has 4 nitrogen and oxygen atoms in total. The fourth-order valence-corrected chi connectivity index (χ4v) is 4.68. The van der Waals surface area contributed by atoms with Crippen molar-refractivity contribution in [2.45, 2.75) is 19.4 Å². The van der Waals surface area contributed by atoms with E-state index < -0.39 is 9.84 Å². The number of nitrogens with zero attached hydrogens (tertiary/aromatic N) is 2. The predicted molar refractivity (Wildman–Crippen MR) is 94.5 cm³/mol. The highest BCUT2D eigenvalue weighted by molar-refractivity contribution is 7.90. The summed E-state index contributed by atoms with van der Waals surface area (Å²) in [5.74, 6) is 0.503. The second-order valence-corrected chi connectivity index (χ2v) is 9.04. The van der Waals surface area contributed by atoms with Gasteiger partial charge < -0.3 is 0 Å². The zero-order valence-electron chi connectivity index (χ0n) is 13.2. The molecular formula is C17H21ClN2O2S. The molecule has 1 aliphatic heterocycles. The lowest BCUT2D eigenvalue weighted by Crippen LogP contribution is -2.37. The normalized spacial score (nSPS) is 20.0. The first-order chi connectivity index (χ1) is 10.9. The molecule has 23 heavy (non-hydrogen) atoms. The maximum Gasteiger partial charge on any atom is 0.147 e. The van der Waals surface area contributed by atoms with E-state index in [0.29, 0.717) is 5.02 Å². The molecule has 1 atom stereocenters. The Morgan fingerprint density at radius 1 is 1.30 bits per heavy atom. The van der Waals surface area contributed by atoms with Crippen LogP contribution in [0.15, 0.2) is 30.3 Å². The smallest absolute Gasteiger partial charge is 0.147 e. The fourth-order valence-electron chi connectivity index (χ4n) is 3.33. The molecule has 1 aromatic heterocycles. The number of pyridine rings is 1. The summed E-state index contributed by atoms with van der Waals surface area (Å²) < 4.78 is 23.0. The summed E-state index contributed by atoms with van der Waals surface area (Å²) in [7, 11) is -2.91. The Hall–Kier alpha value is -1.17. The third kappa shape index (κ3) is 4.43. The van der Waals surface area contributed by atoms with Crippen molar-refractivity contribution in [3.05, 3.63) is 41.0 Å². The van der Waals surface area contributed by atoms with E-state index >= 15 is 0 Å². The highest BCUT2D eigenvalue weighted by atomic mass is 35.5. The zero-order valence-corrected chi connectivity index (χ0v) is 14.8. The minimum Gasteiger partial charge on any atom is -0.297 e. The Bertz CT molecular complexity index is 807. The van der Waals surface area contributed by atoms with Crippen LogP contribution in [0.2, 0.25) is 5.02 Å². The molecular weight excluding hydrogens is 332 g/mol. The van der Waals surface area contributed by atoms with Crippen LogP contribution in [-0.2, 0) is 16.4 Å². The predicted octanol–water partition coefficient (Wildman–Crippen LogP) is 3.14. The average Bonchev–Trinajstić information content (AvgIpc) is 2.47. The molecule has 0 spiro atoms. The third-order valence-corrected chi connectivity index (χ3v) is 5.64. The Balaban J connectivity index is 1.72. The van der Waals surface area contributed by atoms with Crippen LogP contribution in [0.3, 0.4) is 0 Å². The summed E-state index contributed by atoms with van der Waals surface area (Å²) in [6, 6.07) is 9.84. The first-order valence-corrected chi connectivity index (χ1v) is 10.3. The van der Waals surface area contributed by atoms with Crippen molar-refractivity contribution in [1.82, 2.24) is 9.88 Å². The molecule has 1 fully saturated rings. The van der Waals surface area contributed by atoms with Gasteiger partial charge in [-0.25, -0.2) is 13.4 Å². The highest BCUT2D eigenvalue weighted by Crippen LogP contribution is 2.23. The number of fused-ring (bicyclic) bond motifs is 1. The number of benzene rings is 1. The number of likely N-dealkylation sites (tertiary alicyclic amines) is 1. The molecule has 2 heterocycles. The van der Waals surface area contributed by atoms with Gasteiger partial charge in [-0.15, -0.1) is 0 Å². The summed E-state index contributed by atoms with van der Waals surface area (Å²) in [4.78, 5) is 6.97.